The van der Waals surface area contributed by atoms with Gasteiger partial charge in [-0.25, -0.2) is 0 Å². The standard InChI is InChI=1S/C14H20N2O3/c15-12-6-7-13(17)16(8-12)9-14(18)19-10-11-4-2-1-3-5-11/h6-8,11H,1-5,9-10,15H2. The van der Waals surface area contributed by atoms with Crippen LogP contribution in [0.5, 0.6) is 0 Å². The van der Waals surface area contributed by atoms with Crippen LogP contribution < -0.4 is 11.3 Å². The molecule has 1 aromatic heterocycles. The Labute approximate surface area is 112 Å². The molecule has 0 radical (unpaired) electrons. The molecule has 0 unspecified atom stereocenters. The van der Waals surface area contributed by atoms with Crippen molar-refractivity contribution in [3.8, 4) is 0 Å². The fraction of sp³-hybridized carbons (Fsp3) is 0.571. The fourth-order valence-corrected chi connectivity index (χ4v) is 2.42. The van der Waals surface area contributed by atoms with E-state index in [1.165, 1.54) is 42.2 Å². The van der Waals surface area contributed by atoms with Crippen molar-refractivity contribution in [2.75, 3.05) is 12.3 Å². The third kappa shape index (κ3) is 4.12. The SMILES string of the molecule is Nc1ccc(=O)n(CC(=O)OCC2CCCCC2)c1. The molecule has 2 rings (SSSR count). The summed E-state index contributed by atoms with van der Waals surface area (Å²) in [7, 11) is 0. The average molecular weight is 264 g/mol. The predicted molar refractivity (Wildman–Crippen MR) is 72.6 cm³/mol. The Morgan fingerprint density at radius 3 is 2.79 bits per heavy atom. The van der Waals surface area contributed by atoms with Crippen molar-refractivity contribution in [2.45, 2.75) is 38.6 Å². The predicted octanol–water partition coefficient (Wildman–Crippen LogP) is 1.55. The van der Waals surface area contributed by atoms with E-state index < -0.39 is 0 Å². The Hall–Kier alpha value is -1.78. The third-order valence-corrected chi connectivity index (χ3v) is 3.51. The molecule has 1 aromatic rings. The summed E-state index contributed by atoms with van der Waals surface area (Å²) in [6.07, 6.45) is 7.44. The number of nitrogens with two attached hydrogens (primary N) is 1. The normalized spacial score (nSPS) is 16.2. The van der Waals surface area contributed by atoms with Crippen LogP contribution >= 0.6 is 0 Å². The maximum atomic E-state index is 11.7. The Morgan fingerprint density at radius 1 is 1.32 bits per heavy atom. The summed E-state index contributed by atoms with van der Waals surface area (Å²) in [6.45, 7) is 0.395. The minimum Gasteiger partial charge on any atom is -0.464 e. The number of carbonyl (C=O) groups is 1. The highest BCUT2D eigenvalue weighted by atomic mass is 16.5. The number of esters is 1. The number of pyridine rings is 1. The molecule has 19 heavy (non-hydrogen) atoms. The number of rotatable bonds is 4. The van der Waals surface area contributed by atoms with E-state index in [0.29, 0.717) is 18.2 Å². The average Bonchev–Trinajstić information content (AvgIpc) is 2.42. The van der Waals surface area contributed by atoms with Gasteiger partial charge in [-0.05, 0) is 24.8 Å². The molecule has 0 saturated heterocycles. The van der Waals surface area contributed by atoms with Crippen molar-refractivity contribution in [3.05, 3.63) is 28.7 Å². The van der Waals surface area contributed by atoms with E-state index in [1.54, 1.807) is 0 Å². The van der Waals surface area contributed by atoms with E-state index in [9.17, 15) is 9.59 Å². The number of ether oxygens (including phenoxy) is 1. The van der Waals surface area contributed by atoms with Gasteiger partial charge in [-0.2, -0.15) is 0 Å². The van der Waals surface area contributed by atoms with Crippen LogP contribution in [0, 0.1) is 5.92 Å². The highest BCUT2D eigenvalue weighted by Gasteiger charge is 2.15. The Morgan fingerprint density at radius 2 is 2.05 bits per heavy atom. The Balaban J connectivity index is 1.83. The van der Waals surface area contributed by atoms with Gasteiger partial charge in [-0.1, -0.05) is 19.3 Å². The van der Waals surface area contributed by atoms with E-state index >= 15 is 0 Å². The number of carbonyl (C=O) groups excluding carboxylic acids is 1. The maximum Gasteiger partial charge on any atom is 0.326 e. The van der Waals surface area contributed by atoms with Crippen LogP contribution in [-0.2, 0) is 16.1 Å². The highest BCUT2D eigenvalue weighted by molar-refractivity contribution is 5.69. The van der Waals surface area contributed by atoms with E-state index in [2.05, 4.69) is 0 Å². The van der Waals surface area contributed by atoms with Crippen LogP contribution in [0.3, 0.4) is 0 Å². The maximum absolute atomic E-state index is 11.7. The van der Waals surface area contributed by atoms with Gasteiger partial charge in [0, 0.05) is 18.0 Å². The molecule has 0 aliphatic heterocycles. The van der Waals surface area contributed by atoms with Crippen molar-refractivity contribution < 1.29 is 9.53 Å². The van der Waals surface area contributed by atoms with E-state index in [-0.39, 0.29) is 18.1 Å². The van der Waals surface area contributed by atoms with E-state index in [0.717, 1.165) is 12.8 Å². The number of nitrogens with zero attached hydrogens (tertiary/aromatic N) is 1. The zero-order valence-electron chi connectivity index (χ0n) is 11.0. The summed E-state index contributed by atoms with van der Waals surface area (Å²) in [5.41, 5.74) is 5.79. The zero-order valence-corrected chi connectivity index (χ0v) is 11.0. The second-order valence-electron chi connectivity index (χ2n) is 5.12. The van der Waals surface area contributed by atoms with Crippen molar-refractivity contribution >= 4 is 11.7 Å². The molecule has 5 nitrogen and oxygen atoms in total. The van der Waals surface area contributed by atoms with Crippen molar-refractivity contribution in [3.63, 3.8) is 0 Å². The highest BCUT2D eigenvalue weighted by Crippen LogP contribution is 2.23. The molecular formula is C14H20N2O3. The second kappa shape index (κ2) is 6.41. The number of nitrogen functional groups attached to an aromatic ring is 1. The first-order valence-electron chi connectivity index (χ1n) is 6.77. The summed E-state index contributed by atoms with van der Waals surface area (Å²) < 4.78 is 6.52. The topological polar surface area (TPSA) is 74.3 Å². The number of anilines is 1. The van der Waals surface area contributed by atoms with Gasteiger partial charge in [-0.15, -0.1) is 0 Å². The largest absolute Gasteiger partial charge is 0.464 e. The molecule has 0 amide bonds. The molecule has 5 heteroatoms. The molecule has 0 bridgehead atoms. The monoisotopic (exact) mass is 264 g/mol. The summed E-state index contributed by atoms with van der Waals surface area (Å²) in [5, 5.41) is 0. The van der Waals surface area contributed by atoms with E-state index in [4.69, 9.17) is 10.5 Å². The lowest BCUT2D eigenvalue weighted by atomic mass is 9.90. The van der Waals surface area contributed by atoms with Crippen LogP contribution in [0.25, 0.3) is 0 Å². The number of hydrogen-bond donors (Lipinski definition) is 1. The van der Waals surface area contributed by atoms with Gasteiger partial charge < -0.3 is 15.0 Å². The number of aromatic nitrogens is 1. The lowest BCUT2D eigenvalue weighted by Gasteiger charge is -2.21. The second-order valence-corrected chi connectivity index (χ2v) is 5.12. The molecule has 1 aliphatic carbocycles. The first-order valence-corrected chi connectivity index (χ1v) is 6.77. The van der Waals surface area contributed by atoms with Crippen LogP contribution in [0.4, 0.5) is 5.69 Å². The first kappa shape index (κ1) is 13.6. The molecular weight excluding hydrogens is 244 g/mol. The fourth-order valence-electron chi connectivity index (χ4n) is 2.42. The van der Waals surface area contributed by atoms with Gasteiger partial charge in [0.2, 0.25) is 0 Å². The van der Waals surface area contributed by atoms with Crippen LogP contribution in [0.15, 0.2) is 23.1 Å². The van der Waals surface area contributed by atoms with Gasteiger partial charge >= 0.3 is 5.97 Å². The molecule has 0 atom stereocenters. The minimum atomic E-state index is -0.377. The minimum absolute atomic E-state index is 0.0728. The lowest BCUT2D eigenvalue weighted by molar-refractivity contribution is -0.146. The molecule has 1 saturated carbocycles. The van der Waals surface area contributed by atoms with Crippen LogP contribution in [-0.4, -0.2) is 17.1 Å². The molecule has 2 N–H and O–H groups in total. The molecule has 1 aliphatic rings. The molecule has 1 fully saturated rings. The van der Waals surface area contributed by atoms with Gasteiger partial charge in [0.1, 0.15) is 6.54 Å². The summed E-state index contributed by atoms with van der Waals surface area (Å²) in [5.74, 6) is 0.105. The first-order chi connectivity index (χ1) is 9.15. The van der Waals surface area contributed by atoms with Crippen molar-refractivity contribution in [1.82, 2.24) is 4.57 Å². The lowest BCUT2D eigenvalue weighted by Crippen LogP contribution is -2.26. The van der Waals surface area contributed by atoms with Crippen molar-refractivity contribution in [2.24, 2.45) is 5.92 Å². The summed E-state index contributed by atoms with van der Waals surface area (Å²) in [6, 6.07) is 2.87. The molecule has 0 aromatic carbocycles. The molecule has 0 spiro atoms. The van der Waals surface area contributed by atoms with Gasteiger partial charge in [-0.3, -0.25) is 9.59 Å². The molecule has 104 valence electrons. The van der Waals surface area contributed by atoms with Gasteiger partial charge in [0.25, 0.3) is 5.56 Å². The van der Waals surface area contributed by atoms with Gasteiger partial charge in [0.15, 0.2) is 0 Å². The zero-order chi connectivity index (χ0) is 13.7. The van der Waals surface area contributed by atoms with Crippen molar-refractivity contribution in [1.29, 1.82) is 0 Å². The number of hydrogen-bond acceptors (Lipinski definition) is 4. The Kier molecular flexibility index (Phi) is 4.60. The van der Waals surface area contributed by atoms with Crippen LogP contribution in [0.2, 0.25) is 0 Å². The summed E-state index contributed by atoms with van der Waals surface area (Å²) in [4.78, 5) is 23.2. The third-order valence-electron chi connectivity index (χ3n) is 3.51. The van der Waals surface area contributed by atoms with Crippen LogP contribution in [0.1, 0.15) is 32.1 Å². The quantitative estimate of drug-likeness (QED) is 0.837. The van der Waals surface area contributed by atoms with Gasteiger partial charge in [0.05, 0.1) is 6.61 Å². The summed E-state index contributed by atoms with van der Waals surface area (Å²) >= 11 is 0. The smallest absolute Gasteiger partial charge is 0.326 e. The Bertz CT molecular complexity index is 490. The molecule has 1 heterocycles. The van der Waals surface area contributed by atoms with E-state index in [1.807, 2.05) is 0 Å².